The van der Waals surface area contributed by atoms with E-state index < -0.39 is 5.97 Å². The summed E-state index contributed by atoms with van der Waals surface area (Å²) in [6.07, 6.45) is 1.27. The third kappa shape index (κ3) is 6.45. The van der Waals surface area contributed by atoms with Crippen LogP contribution in [-0.2, 0) is 9.59 Å². The lowest BCUT2D eigenvalue weighted by Gasteiger charge is -2.04. The number of carboxylic acids is 1. The molecule has 0 atom stereocenters. The van der Waals surface area contributed by atoms with Crippen LogP contribution in [0.4, 0.5) is 5.69 Å². The van der Waals surface area contributed by atoms with Gasteiger partial charge in [-0.2, -0.15) is 5.10 Å². The zero-order valence-electron chi connectivity index (χ0n) is 10.5. The minimum atomic E-state index is -1.00. The molecule has 0 spiro atoms. The molecule has 1 amide bonds. The Balaban J connectivity index is 2.49. The fraction of sp³-hybridized carbons (Fsp3) is 0.167. The molecule has 0 unspecified atom stereocenters. The van der Waals surface area contributed by atoms with E-state index in [4.69, 9.17) is 10.8 Å². The SMILES string of the molecule is NC(=S)N/N=C/c1ccc(NC(=O)CCC(=O)O)cc1. The van der Waals surface area contributed by atoms with Gasteiger partial charge in [0, 0.05) is 12.1 Å². The monoisotopic (exact) mass is 294 g/mol. The predicted octanol–water partition coefficient (Wildman–Crippen LogP) is 0.657. The number of nitrogens with zero attached hydrogens (tertiary/aromatic N) is 1. The van der Waals surface area contributed by atoms with Gasteiger partial charge in [0.1, 0.15) is 0 Å². The average molecular weight is 294 g/mol. The quantitative estimate of drug-likeness (QED) is 0.348. The van der Waals surface area contributed by atoms with Crippen LogP contribution in [-0.4, -0.2) is 28.3 Å². The molecule has 20 heavy (non-hydrogen) atoms. The lowest BCUT2D eigenvalue weighted by molar-refractivity contribution is -0.138. The topological polar surface area (TPSA) is 117 Å². The van der Waals surface area contributed by atoms with E-state index in [1.54, 1.807) is 24.3 Å². The Labute approximate surface area is 120 Å². The highest BCUT2D eigenvalue weighted by Gasteiger charge is 2.05. The summed E-state index contributed by atoms with van der Waals surface area (Å²) in [6, 6.07) is 6.83. The first-order valence-electron chi connectivity index (χ1n) is 5.67. The first kappa shape index (κ1) is 15.6. The van der Waals surface area contributed by atoms with Crippen molar-refractivity contribution in [3.63, 3.8) is 0 Å². The van der Waals surface area contributed by atoms with E-state index in [1.807, 2.05) is 0 Å². The van der Waals surface area contributed by atoms with Gasteiger partial charge in [0.05, 0.1) is 12.6 Å². The number of anilines is 1. The minimum Gasteiger partial charge on any atom is -0.481 e. The molecule has 0 aliphatic rings. The molecule has 0 aliphatic heterocycles. The highest BCUT2D eigenvalue weighted by molar-refractivity contribution is 7.80. The van der Waals surface area contributed by atoms with Crippen LogP contribution in [0, 0.1) is 0 Å². The molecule has 0 bridgehead atoms. The number of hydrazone groups is 1. The maximum Gasteiger partial charge on any atom is 0.303 e. The van der Waals surface area contributed by atoms with Crippen molar-refractivity contribution in [2.24, 2.45) is 10.8 Å². The largest absolute Gasteiger partial charge is 0.481 e. The summed E-state index contributed by atoms with van der Waals surface area (Å²) in [4.78, 5) is 21.7. The van der Waals surface area contributed by atoms with Crippen LogP contribution in [0.3, 0.4) is 0 Å². The van der Waals surface area contributed by atoms with Crippen molar-refractivity contribution in [3.05, 3.63) is 29.8 Å². The van der Waals surface area contributed by atoms with E-state index in [9.17, 15) is 9.59 Å². The number of thiocarbonyl (C=S) groups is 1. The van der Waals surface area contributed by atoms with Crippen molar-refractivity contribution in [3.8, 4) is 0 Å². The van der Waals surface area contributed by atoms with Gasteiger partial charge in [-0.15, -0.1) is 0 Å². The highest BCUT2D eigenvalue weighted by atomic mass is 32.1. The second kappa shape index (κ2) is 7.85. The molecule has 0 radical (unpaired) electrons. The first-order chi connectivity index (χ1) is 9.47. The Bertz CT molecular complexity index is 528. The number of carboxylic acid groups (broad SMARTS) is 1. The second-order valence-electron chi connectivity index (χ2n) is 3.80. The number of rotatable bonds is 6. The summed E-state index contributed by atoms with van der Waals surface area (Å²) >= 11 is 4.59. The van der Waals surface area contributed by atoms with E-state index in [0.717, 1.165) is 5.56 Å². The fourth-order valence-corrected chi connectivity index (χ4v) is 1.32. The molecule has 5 N–H and O–H groups in total. The van der Waals surface area contributed by atoms with Gasteiger partial charge in [0.25, 0.3) is 0 Å². The molecule has 0 fully saturated rings. The normalized spacial score (nSPS) is 10.2. The molecular formula is C12H14N4O3S. The maximum atomic E-state index is 11.4. The zero-order chi connectivity index (χ0) is 15.0. The highest BCUT2D eigenvalue weighted by Crippen LogP contribution is 2.09. The van der Waals surface area contributed by atoms with Crippen molar-refractivity contribution >= 4 is 41.1 Å². The molecular weight excluding hydrogens is 280 g/mol. The van der Waals surface area contributed by atoms with Gasteiger partial charge in [-0.1, -0.05) is 12.1 Å². The molecule has 1 aromatic carbocycles. The van der Waals surface area contributed by atoms with Crippen molar-refractivity contribution in [2.45, 2.75) is 12.8 Å². The van der Waals surface area contributed by atoms with E-state index in [2.05, 4.69) is 28.1 Å². The van der Waals surface area contributed by atoms with Crippen molar-refractivity contribution in [1.82, 2.24) is 5.43 Å². The van der Waals surface area contributed by atoms with E-state index in [1.165, 1.54) is 6.21 Å². The Morgan fingerprint density at radius 1 is 1.30 bits per heavy atom. The molecule has 0 aromatic heterocycles. The fourth-order valence-electron chi connectivity index (χ4n) is 1.27. The van der Waals surface area contributed by atoms with Crippen LogP contribution in [0.2, 0.25) is 0 Å². The summed E-state index contributed by atoms with van der Waals surface area (Å²) in [5.74, 6) is -1.35. The molecule has 0 heterocycles. The van der Waals surface area contributed by atoms with Gasteiger partial charge in [-0.05, 0) is 29.9 Å². The molecule has 1 aromatic rings. The molecule has 106 valence electrons. The smallest absolute Gasteiger partial charge is 0.303 e. The Morgan fingerprint density at radius 3 is 2.50 bits per heavy atom. The summed E-state index contributed by atoms with van der Waals surface area (Å²) < 4.78 is 0. The molecule has 0 aliphatic carbocycles. The molecule has 8 heteroatoms. The van der Waals surface area contributed by atoms with E-state index in [-0.39, 0.29) is 23.9 Å². The summed E-state index contributed by atoms with van der Waals surface area (Å²) in [6.45, 7) is 0. The number of aliphatic carboxylic acids is 1. The van der Waals surface area contributed by atoms with Crippen LogP contribution >= 0.6 is 12.2 Å². The van der Waals surface area contributed by atoms with Crippen molar-refractivity contribution in [1.29, 1.82) is 0 Å². The number of carbonyl (C=O) groups excluding carboxylic acids is 1. The maximum absolute atomic E-state index is 11.4. The number of nitrogens with two attached hydrogens (primary N) is 1. The summed E-state index contributed by atoms with van der Waals surface area (Å²) in [5, 5.41) is 14.9. The van der Waals surface area contributed by atoms with E-state index >= 15 is 0 Å². The Hall–Kier alpha value is -2.48. The number of hydrogen-bond donors (Lipinski definition) is 4. The van der Waals surface area contributed by atoms with Crippen LogP contribution in [0.5, 0.6) is 0 Å². The molecule has 1 rings (SSSR count). The van der Waals surface area contributed by atoms with Gasteiger partial charge in [0.15, 0.2) is 5.11 Å². The number of nitrogens with one attached hydrogen (secondary N) is 2. The summed E-state index contributed by atoms with van der Waals surface area (Å²) in [7, 11) is 0. The lowest BCUT2D eigenvalue weighted by Crippen LogP contribution is -2.23. The van der Waals surface area contributed by atoms with Crippen LogP contribution in [0.25, 0.3) is 0 Å². The standard InChI is InChI=1S/C12H14N4O3S/c13-12(20)16-14-7-8-1-3-9(4-2-8)15-10(17)5-6-11(18)19/h1-4,7H,5-6H2,(H,15,17)(H,18,19)(H3,13,16,20)/b14-7+. The van der Waals surface area contributed by atoms with Crippen LogP contribution in [0.15, 0.2) is 29.4 Å². The predicted molar refractivity (Wildman–Crippen MR) is 79.5 cm³/mol. The van der Waals surface area contributed by atoms with Crippen molar-refractivity contribution in [2.75, 3.05) is 5.32 Å². The van der Waals surface area contributed by atoms with Gasteiger partial charge in [-0.3, -0.25) is 15.0 Å². The van der Waals surface area contributed by atoms with Gasteiger partial charge < -0.3 is 16.2 Å². The lowest BCUT2D eigenvalue weighted by atomic mass is 10.2. The molecule has 7 nitrogen and oxygen atoms in total. The number of benzene rings is 1. The minimum absolute atomic E-state index is 0.0591. The number of carbonyl (C=O) groups is 2. The average Bonchev–Trinajstić information content (AvgIpc) is 2.38. The van der Waals surface area contributed by atoms with Crippen molar-refractivity contribution < 1.29 is 14.7 Å². The van der Waals surface area contributed by atoms with Gasteiger partial charge in [-0.25, -0.2) is 0 Å². The zero-order valence-corrected chi connectivity index (χ0v) is 11.3. The van der Waals surface area contributed by atoms with Gasteiger partial charge in [0.2, 0.25) is 5.91 Å². The van der Waals surface area contributed by atoms with Gasteiger partial charge >= 0.3 is 5.97 Å². The molecule has 0 saturated heterocycles. The molecule has 0 saturated carbocycles. The first-order valence-corrected chi connectivity index (χ1v) is 6.08. The third-order valence-corrected chi connectivity index (χ3v) is 2.24. The van der Waals surface area contributed by atoms with E-state index in [0.29, 0.717) is 5.69 Å². The third-order valence-electron chi connectivity index (χ3n) is 2.15. The second-order valence-corrected chi connectivity index (χ2v) is 4.24. The Morgan fingerprint density at radius 2 is 1.95 bits per heavy atom. The van der Waals surface area contributed by atoms with Crippen LogP contribution < -0.4 is 16.5 Å². The summed E-state index contributed by atoms with van der Waals surface area (Å²) in [5.41, 5.74) is 9.00. The number of hydrogen-bond acceptors (Lipinski definition) is 4. The Kier molecular flexibility index (Phi) is 6.11. The number of amides is 1. The van der Waals surface area contributed by atoms with Crippen LogP contribution in [0.1, 0.15) is 18.4 Å².